The van der Waals surface area contributed by atoms with Gasteiger partial charge in [-0.3, -0.25) is 15.0 Å². The van der Waals surface area contributed by atoms with E-state index in [-0.39, 0.29) is 23.9 Å². The third-order valence-corrected chi connectivity index (χ3v) is 3.96. The Labute approximate surface area is 162 Å². The average Bonchev–Trinajstić information content (AvgIpc) is 2.67. The SMILES string of the molecule is CCNC(=O)COC(NC(=O)c1ccc(F)c(C)c1)c1ccc(C(=N)N)cc1. The highest BCUT2D eigenvalue weighted by Crippen LogP contribution is 2.17. The third-order valence-electron chi connectivity index (χ3n) is 3.96. The van der Waals surface area contributed by atoms with Crippen LogP contribution >= 0.6 is 0 Å². The number of hydrogen-bond donors (Lipinski definition) is 4. The average molecular weight is 386 g/mol. The fourth-order valence-corrected chi connectivity index (χ4v) is 2.45. The van der Waals surface area contributed by atoms with Crippen molar-refractivity contribution in [3.8, 4) is 0 Å². The van der Waals surface area contributed by atoms with Crippen molar-refractivity contribution in [3.05, 3.63) is 70.5 Å². The molecule has 28 heavy (non-hydrogen) atoms. The van der Waals surface area contributed by atoms with E-state index >= 15 is 0 Å². The number of ether oxygens (including phenoxy) is 1. The van der Waals surface area contributed by atoms with Crippen LogP contribution in [-0.4, -0.2) is 30.8 Å². The normalized spacial score (nSPS) is 11.5. The van der Waals surface area contributed by atoms with E-state index in [0.29, 0.717) is 23.2 Å². The van der Waals surface area contributed by atoms with Crippen molar-refractivity contribution >= 4 is 17.6 Å². The lowest BCUT2D eigenvalue weighted by Gasteiger charge is -2.20. The molecule has 5 N–H and O–H groups in total. The predicted molar refractivity (Wildman–Crippen MR) is 103 cm³/mol. The fraction of sp³-hybridized carbons (Fsp3) is 0.250. The molecule has 7 nitrogen and oxygen atoms in total. The minimum absolute atomic E-state index is 0.0860. The number of aryl methyl sites for hydroxylation is 1. The van der Waals surface area contributed by atoms with E-state index in [0.717, 1.165) is 0 Å². The number of carbonyl (C=O) groups is 2. The van der Waals surface area contributed by atoms with E-state index in [1.54, 1.807) is 38.1 Å². The van der Waals surface area contributed by atoms with Crippen molar-refractivity contribution in [2.45, 2.75) is 20.1 Å². The van der Waals surface area contributed by atoms with Crippen LogP contribution in [0.3, 0.4) is 0 Å². The molecule has 0 aliphatic rings. The number of amidine groups is 1. The Kier molecular flexibility index (Phi) is 7.22. The van der Waals surface area contributed by atoms with Gasteiger partial charge in [-0.05, 0) is 37.6 Å². The number of carbonyl (C=O) groups excluding carboxylic acids is 2. The van der Waals surface area contributed by atoms with Crippen molar-refractivity contribution in [2.24, 2.45) is 5.73 Å². The van der Waals surface area contributed by atoms with Gasteiger partial charge in [0.25, 0.3) is 5.91 Å². The predicted octanol–water partition coefficient (Wildman–Crippen LogP) is 2.00. The molecule has 8 heteroatoms. The quantitative estimate of drug-likeness (QED) is 0.315. The molecule has 2 amide bonds. The summed E-state index contributed by atoms with van der Waals surface area (Å²) in [5.74, 6) is -1.28. The van der Waals surface area contributed by atoms with Crippen molar-refractivity contribution in [1.29, 1.82) is 5.41 Å². The highest BCUT2D eigenvalue weighted by atomic mass is 19.1. The monoisotopic (exact) mass is 386 g/mol. The highest BCUT2D eigenvalue weighted by Gasteiger charge is 2.18. The summed E-state index contributed by atoms with van der Waals surface area (Å²) in [7, 11) is 0. The number of likely N-dealkylation sites (N-methyl/N-ethyl adjacent to an activating group) is 1. The third kappa shape index (κ3) is 5.62. The van der Waals surface area contributed by atoms with E-state index in [1.807, 2.05) is 0 Å². The van der Waals surface area contributed by atoms with Crippen LogP contribution in [0.2, 0.25) is 0 Å². The molecule has 0 spiro atoms. The van der Waals surface area contributed by atoms with Crippen LogP contribution in [0.25, 0.3) is 0 Å². The van der Waals surface area contributed by atoms with Crippen LogP contribution in [0.15, 0.2) is 42.5 Å². The van der Waals surface area contributed by atoms with Crippen molar-refractivity contribution in [2.75, 3.05) is 13.2 Å². The van der Waals surface area contributed by atoms with Gasteiger partial charge in [0.2, 0.25) is 5.91 Å². The molecule has 148 valence electrons. The molecule has 1 atom stereocenters. The van der Waals surface area contributed by atoms with Crippen LogP contribution in [0.4, 0.5) is 4.39 Å². The molecular weight excluding hydrogens is 363 g/mol. The maximum atomic E-state index is 13.4. The summed E-state index contributed by atoms with van der Waals surface area (Å²) in [5.41, 5.74) is 7.16. The molecule has 0 bridgehead atoms. The summed E-state index contributed by atoms with van der Waals surface area (Å²) in [5, 5.41) is 12.8. The Morgan fingerprint density at radius 2 is 1.82 bits per heavy atom. The van der Waals surface area contributed by atoms with Crippen LogP contribution in [0, 0.1) is 18.2 Å². The van der Waals surface area contributed by atoms with Crippen LogP contribution in [0.5, 0.6) is 0 Å². The maximum Gasteiger partial charge on any atom is 0.253 e. The summed E-state index contributed by atoms with van der Waals surface area (Å²) in [6, 6.07) is 10.6. The largest absolute Gasteiger partial charge is 0.384 e. The van der Waals surface area contributed by atoms with E-state index in [1.165, 1.54) is 18.2 Å². The number of nitrogens with two attached hydrogens (primary N) is 1. The lowest BCUT2D eigenvalue weighted by atomic mass is 10.1. The second-order valence-electron chi connectivity index (χ2n) is 6.12. The molecular formula is C20H23FN4O3. The van der Waals surface area contributed by atoms with Gasteiger partial charge in [0, 0.05) is 23.2 Å². The Bertz CT molecular complexity index is 868. The molecule has 0 saturated heterocycles. The topological polar surface area (TPSA) is 117 Å². The minimum Gasteiger partial charge on any atom is -0.384 e. The number of rotatable bonds is 8. The molecule has 0 radical (unpaired) electrons. The standard InChI is InChI=1S/C20H23FN4O3/c1-3-24-17(26)11-28-20(14-6-4-13(5-7-14)18(22)23)25-19(27)15-8-9-16(21)12(2)10-15/h4-10,20H,3,11H2,1-2H3,(H3,22,23)(H,24,26)(H,25,27). The summed E-state index contributed by atoms with van der Waals surface area (Å²) < 4.78 is 19.0. The van der Waals surface area contributed by atoms with Crippen LogP contribution in [0.1, 0.15) is 40.2 Å². The second kappa shape index (κ2) is 9.61. The van der Waals surface area contributed by atoms with Gasteiger partial charge in [0.1, 0.15) is 18.3 Å². The fourth-order valence-electron chi connectivity index (χ4n) is 2.45. The highest BCUT2D eigenvalue weighted by molar-refractivity contribution is 5.95. The zero-order valence-electron chi connectivity index (χ0n) is 15.7. The summed E-state index contributed by atoms with van der Waals surface area (Å²) in [6.07, 6.45) is -0.915. The van der Waals surface area contributed by atoms with E-state index in [9.17, 15) is 14.0 Å². The molecule has 1 unspecified atom stereocenters. The maximum absolute atomic E-state index is 13.4. The molecule has 2 rings (SSSR count). The first-order chi connectivity index (χ1) is 13.3. The molecule has 0 aliphatic carbocycles. The molecule has 0 heterocycles. The van der Waals surface area contributed by atoms with Gasteiger partial charge >= 0.3 is 0 Å². The minimum atomic E-state index is -0.915. The Balaban J connectivity index is 2.21. The second-order valence-corrected chi connectivity index (χ2v) is 6.12. The smallest absolute Gasteiger partial charge is 0.253 e. The zero-order valence-corrected chi connectivity index (χ0v) is 15.7. The van der Waals surface area contributed by atoms with Gasteiger partial charge in [-0.1, -0.05) is 24.3 Å². The first kappa shape index (κ1) is 21.0. The number of benzene rings is 2. The number of amides is 2. The summed E-state index contributed by atoms with van der Waals surface area (Å²) >= 11 is 0. The Hall–Kier alpha value is -3.26. The van der Waals surface area contributed by atoms with Gasteiger partial charge in [-0.2, -0.15) is 0 Å². The van der Waals surface area contributed by atoms with E-state index < -0.39 is 18.0 Å². The van der Waals surface area contributed by atoms with Crippen molar-refractivity contribution in [1.82, 2.24) is 10.6 Å². The number of hydrogen-bond acceptors (Lipinski definition) is 4. The van der Waals surface area contributed by atoms with Gasteiger partial charge < -0.3 is 21.1 Å². The van der Waals surface area contributed by atoms with Gasteiger partial charge in [-0.25, -0.2) is 4.39 Å². The summed E-state index contributed by atoms with van der Waals surface area (Å²) in [6.45, 7) is 3.56. The number of nitrogens with one attached hydrogen (secondary N) is 3. The molecule has 0 saturated carbocycles. The Morgan fingerprint density at radius 3 is 2.39 bits per heavy atom. The van der Waals surface area contributed by atoms with Gasteiger partial charge in [0.05, 0.1) is 0 Å². The first-order valence-corrected chi connectivity index (χ1v) is 8.71. The number of nitrogen functional groups attached to an aromatic ring is 1. The van der Waals surface area contributed by atoms with Crippen LogP contribution < -0.4 is 16.4 Å². The van der Waals surface area contributed by atoms with Crippen molar-refractivity contribution in [3.63, 3.8) is 0 Å². The van der Waals surface area contributed by atoms with Gasteiger partial charge in [-0.15, -0.1) is 0 Å². The van der Waals surface area contributed by atoms with E-state index in [2.05, 4.69) is 10.6 Å². The molecule has 2 aromatic carbocycles. The van der Waals surface area contributed by atoms with Gasteiger partial charge in [0.15, 0.2) is 6.23 Å². The molecule has 0 aliphatic heterocycles. The van der Waals surface area contributed by atoms with E-state index in [4.69, 9.17) is 15.9 Å². The zero-order chi connectivity index (χ0) is 20.7. The first-order valence-electron chi connectivity index (χ1n) is 8.71. The molecule has 0 fully saturated rings. The lowest BCUT2D eigenvalue weighted by molar-refractivity contribution is -0.128. The molecule has 0 aromatic heterocycles. The van der Waals surface area contributed by atoms with Crippen molar-refractivity contribution < 1.29 is 18.7 Å². The summed E-state index contributed by atoms with van der Waals surface area (Å²) in [4.78, 5) is 24.3. The van der Waals surface area contributed by atoms with Crippen LogP contribution in [-0.2, 0) is 9.53 Å². The molecule has 2 aromatic rings. The number of halogens is 1. The Morgan fingerprint density at radius 1 is 1.18 bits per heavy atom. The lowest BCUT2D eigenvalue weighted by Crippen LogP contribution is -2.34.